The third kappa shape index (κ3) is 4.69. The van der Waals surface area contributed by atoms with Crippen LogP contribution in [-0.4, -0.2) is 13.2 Å². The Morgan fingerprint density at radius 2 is 1.69 bits per heavy atom. The number of allylic oxidation sites excluding steroid dienone is 1. The van der Waals surface area contributed by atoms with Gasteiger partial charge in [-0.2, -0.15) is 26.3 Å². The average molecular weight is 378 g/mol. The lowest BCUT2D eigenvalue weighted by molar-refractivity contribution is -0.143. The minimum Gasteiger partial charge on any atom is -0.376 e. The number of unbranched alkanes of at least 4 members (excludes halogenated alkanes) is 1. The Morgan fingerprint density at radius 1 is 1.12 bits per heavy atom. The summed E-state index contributed by atoms with van der Waals surface area (Å²) >= 11 is 0. The SMILES string of the molecule is C=CC1COC/C1=C(\CCCC)c1cc(C(F)(F)F)cc(C(F)(F)F)c1. The third-order valence-electron chi connectivity index (χ3n) is 4.39. The molecular weight excluding hydrogens is 358 g/mol. The van der Waals surface area contributed by atoms with Crippen LogP contribution in [0.5, 0.6) is 0 Å². The highest BCUT2D eigenvalue weighted by Gasteiger charge is 2.37. The summed E-state index contributed by atoms with van der Waals surface area (Å²) in [5.41, 5.74) is -1.45. The van der Waals surface area contributed by atoms with Gasteiger partial charge in [0, 0.05) is 5.92 Å². The van der Waals surface area contributed by atoms with Crippen LogP contribution in [0.1, 0.15) is 42.9 Å². The normalized spacial score (nSPS) is 20.3. The molecule has 1 saturated heterocycles. The molecule has 1 aliphatic rings. The summed E-state index contributed by atoms with van der Waals surface area (Å²) in [6.07, 6.45) is -6.30. The van der Waals surface area contributed by atoms with Crippen LogP contribution >= 0.6 is 0 Å². The van der Waals surface area contributed by atoms with Crippen LogP contribution in [0.15, 0.2) is 36.4 Å². The lowest BCUT2D eigenvalue weighted by Gasteiger charge is -2.19. The molecule has 1 unspecified atom stereocenters. The molecule has 1 aromatic carbocycles. The van der Waals surface area contributed by atoms with Gasteiger partial charge in [-0.25, -0.2) is 0 Å². The quantitative estimate of drug-likeness (QED) is 0.420. The highest BCUT2D eigenvalue weighted by molar-refractivity contribution is 5.71. The molecular formula is C19H20F6O. The standard InChI is InChI=1S/C19H20F6O/c1-3-5-6-16(17-11-26-10-12(17)4-2)13-7-14(18(20,21)22)9-15(8-13)19(23,24)25/h4,7-9,12H,2-3,5-6,10-11H2,1H3/b17-16-. The van der Waals surface area contributed by atoms with Crippen molar-refractivity contribution in [2.24, 2.45) is 5.92 Å². The zero-order valence-electron chi connectivity index (χ0n) is 14.3. The van der Waals surface area contributed by atoms with E-state index in [1.807, 2.05) is 6.92 Å². The number of halogens is 6. The second kappa shape index (κ2) is 7.86. The highest BCUT2D eigenvalue weighted by Crippen LogP contribution is 2.40. The predicted octanol–water partition coefficient (Wildman–Crippen LogP) is 6.50. The van der Waals surface area contributed by atoms with Crippen LogP contribution in [0.3, 0.4) is 0 Å². The van der Waals surface area contributed by atoms with E-state index in [1.165, 1.54) is 0 Å². The van der Waals surface area contributed by atoms with Crippen LogP contribution in [-0.2, 0) is 17.1 Å². The smallest absolute Gasteiger partial charge is 0.376 e. The molecule has 2 rings (SSSR count). The van der Waals surface area contributed by atoms with Crippen molar-refractivity contribution in [1.29, 1.82) is 0 Å². The van der Waals surface area contributed by atoms with Crippen LogP contribution in [0.2, 0.25) is 0 Å². The van der Waals surface area contributed by atoms with Crippen molar-refractivity contribution in [1.82, 2.24) is 0 Å². The molecule has 1 fully saturated rings. The summed E-state index contributed by atoms with van der Waals surface area (Å²) in [6.45, 7) is 6.12. The fourth-order valence-electron chi connectivity index (χ4n) is 3.00. The second-order valence-electron chi connectivity index (χ2n) is 6.26. The molecule has 0 amide bonds. The first-order chi connectivity index (χ1) is 12.1. The topological polar surface area (TPSA) is 9.23 Å². The zero-order valence-corrected chi connectivity index (χ0v) is 14.3. The molecule has 1 atom stereocenters. The van der Waals surface area contributed by atoms with Gasteiger partial charge in [-0.3, -0.25) is 0 Å². The minimum absolute atomic E-state index is 0.0482. The lowest BCUT2D eigenvalue weighted by atomic mass is 9.88. The number of ether oxygens (including phenoxy) is 1. The van der Waals surface area contributed by atoms with E-state index in [2.05, 4.69) is 6.58 Å². The fraction of sp³-hybridized carbons (Fsp3) is 0.474. The van der Waals surface area contributed by atoms with Crippen LogP contribution in [0.4, 0.5) is 26.3 Å². The van der Waals surface area contributed by atoms with Gasteiger partial charge in [-0.15, -0.1) is 6.58 Å². The Bertz CT molecular complexity index is 652. The summed E-state index contributed by atoms with van der Waals surface area (Å²) in [5.74, 6) is -0.203. The summed E-state index contributed by atoms with van der Waals surface area (Å²) in [6, 6.07) is 1.75. The second-order valence-corrected chi connectivity index (χ2v) is 6.26. The molecule has 1 nitrogen and oxygen atoms in total. The zero-order chi connectivity index (χ0) is 19.5. The molecule has 144 valence electrons. The number of hydrogen-bond acceptors (Lipinski definition) is 1. The van der Waals surface area contributed by atoms with Gasteiger partial charge in [0.2, 0.25) is 0 Å². The molecule has 0 N–H and O–H groups in total. The first-order valence-electron chi connectivity index (χ1n) is 8.30. The van der Waals surface area contributed by atoms with E-state index in [1.54, 1.807) is 6.08 Å². The largest absolute Gasteiger partial charge is 0.416 e. The van der Waals surface area contributed by atoms with Crippen molar-refractivity contribution in [3.8, 4) is 0 Å². The van der Waals surface area contributed by atoms with Gasteiger partial charge in [0.05, 0.1) is 24.3 Å². The lowest BCUT2D eigenvalue weighted by Crippen LogP contribution is -2.12. The maximum Gasteiger partial charge on any atom is 0.416 e. The van der Waals surface area contributed by atoms with Crippen LogP contribution in [0.25, 0.3) is 5.57 Å². The molecule has 0 aromatic heterocycles. The minimum atomic E-state index is -4.86. The van der Waals surface area contributed by atoms with Gasteiger partial charge in [0.1, 0.15) is 0 Å². The number of benzene rings is 1. The first kappa shape index (κ1) is 20.6. The fourth-order valence-corrected chi connectivity index (χ4v) is 3.00. The molecule has 0 spiro atoms. The molecule has 0 radical (unpaired) electrons. The monoisotopic (exact) mass is 378 g/mol. The van der Waals surface area contributed by atoms with E-state index < -0.39 is 23.5 Å². The van der Waals surface area contributed by atoms with E-state index in [0.29, 0.717) is 30.6 Å². The van der Waals surface area contributed by atoms with Gasteiger partial charge < -0.3 is 4.74 Å². The van der Waals surface area contributed by atoms with E-state index in [0.717, 1.165) is 18.6 Å². The van der Waals surface area contributed by atoms with Crippen molar-refractivity contribution in [3.63, 3.8) is 0 Å². The molecule has 1 aliphatic heterocycles. The Kier molecular flexibility index (Phi) is 6.21. The number of hydrogen-bond donors (Lipinski definition) is 0. The molecule has 0 saturated carbocycles. The molecule has 1 heterocycles. The van der Waals surface area contributed by atoms with Crippen molar-refractivity contribution >= 4 is 5.57 Å². The molecule has 26 heavy (non-hydrogen) atoms. The molecule has 0 bridgehead atoms. The van der Waals surface area contributed by atoms with E-state index in [4.69, 9.17) is 4.74 Å². The average Bonchev–Trinajstić information content (AvgIpc) is 3.02. The summed E-state index contributed by atoms with van der Waals surface area (Å²) in [4.78, 5) is 0. The maximum atomic E-state index is 13.1. The Hall–Kier alpha value is -1.76. The Morgan fingerprint density at radius 3 is 2.15 bits per heavy atom. The van der Waals surface area contributed by atoms with Gasteiger partial charge in [0.25, 0.3) is 0 Å². The van der Waals surface area contributed by atoms with Crippen LogP contribution in [0, 0.1) is 5.92 Å². The van der Waals surface area contributed by atoms with E-state index in [9.17, 15) is 26.3 Å². The number of alkyl halides is 6. The molecule has 1 aromatic rings. The van der Waals surface area contributed by atoms with Gasteiger partial charge in [-0.05, 0) is 47.8 Å². The number of rotatable bonds is 5. The predicted molar refractivity (Wildman–Crippen MR) is 87.4 cm³/mol. The Balaban J connectivity index is 2.67. The van der Waals surface area contributed by atoms with Gasteiger partial charge in [0.15, 0.2) is 0 Å². The van der Waals surface area contributed by atoms with Crippen molar-refractivity contribution in [2.45, 2.75) is 38.5 Å². The summed E-state index contributed by atoms with van der Waals surface area (Å²) in [5, 5.41) is 0. The van der Waals surface area contributed by atoms with Crippen molar-refractivity contribution in [3.05, 3.63) is 53.1 Å². The van der Waals surface area contributed by atoms with Crippen LogP contribution < -0.4 is 0 Å². The maximum absolute atomic E-state index is 13.1. The van der Waals surface area contributed by atoms with Crippen molar-refractivity contribution < 1.29 is 31.1 Å². The van der Waals surface area contributed by atoms with E-state index in [-0.39, 0.29) is 24.2 Å². The molecule has 0 aliphatic carbocycles. The highest BCUT2D eigenvalue weighted by atomic mass is 19.4. The van der Waals surface area contributed by atoms with Gasteiger partial charge in [-0.1, -0.05) is 19.4 Å². The Labute approximate surface area is 148 Å². The van der Waals surface area contributed by atoms with E-state index >= 15 is 0 Å². The van der Waals surface area contributed by atoms with Crippen molar-refractivity contribution in [2.75, 3.05) is 13.2 Å². The first-order valence-corrected chi connectivity index (χ1v) is 8.30. The third-order valence-corrected chi connectivity index (χ3v) is 4.39. The summed E-state index contributed by atoms with van der Waals surface area (Å²) < 4.78 is 84.2. The van der Waals surface area contributed by atoms with Gasteiger partial charge >= 0.3 is 12.4 Å². The summed E-state index contributed by atoms with van der Waals surface area (Å²) in [7, 11) is 0. The molecule has 7 heteroatoms.